The number of nitrogens with two attached hydrogens (primary N) is 1. The molecule has 0 aliphatic heterocycles. The van der Waals surface area contributed by atoms with Gasteiger partial charge in [-0.15, -0.1) is 0 Å². The molecular weight excluding hydrogens is 260 g/mol. The first-order valence-electron chi connectivity index (χ1n) is 6.06. The molecule has 0 atom stereocenters. The lowest BCUT2D eigenvalue weighted by atomic mass is 10.1. The van der Waals surface area contributed by atoms with E-state index in [0.717, 1.165) is 29.0 Å². The molecule has 3 rings (SSSR count). The maximum atomic E-state index is 6.05. The minimum Gasteiger partial charge on any atom is -0.330 e. The Balaban J connectivity index is 2.26. The second-order valence-electron chi connectivity index (χ2n) is 4.26. The zero-order chi connectivity index (χ0) is 13.2. The number of imidazole rings is 1. The first-order valence-corrected chi connectivity index (χ1v) is 6.44. The number of rotatable bonds is 3. The Morgan fingerprint density at radius 3 is 2.89 bits per heavy atom. The summed E-state index contributed by atoms with van der Waals surface area (Å²) in [7, 11) is 0. The van der Waals surface area contributed by atoms with Crippen LogP contribution >= 0.6 is 11.6 Å². The fourth-order valence-electron chi connectivity index (χ4n) is 2.18. The third-order valence-corrected chi connectivity index (χ3v) is 3.22. The van der Waals surface area contributed by atoms with E-state index in [9.17, 15) is 0 Å². The van der Waals surface area contributed by atoms with Gasteiger partial charge in [0.05, 0.1) is 16.4 Å². The average molecular weight is 273 g/mol. The Hall–Kier alpha value is -1.91. The summed E-state index contributed by atoms with van der Waals surface area (Å²) < 4.78 is 2.00. The molecular formula is C14H13ClN4. The third-order valence-electron chi connectivity index (χ3n) is 3.00. The predicted octanol–water partition coefficient (Wildman–Crippen LogP) is 2.55. The van der Waals surface area contributed by atoms with Crippen molar-refractivity contribution in [2.45, 2.75) is 6.42 Å². The Labute approximate surface area is 115 Å². The summed E-state index contributed by atoms with van der Waals surface area (Å²) in [4.78, 5) is 8.79. The number of hydrogen-bond acceptors (Lipinski definition) is 3. The molecule has 19 heavy (non-hydrogen) atoms. The molecule has 96 valence electrons. The molecule has 0 aromatic carbocycles. The lowest BCUT2D eigenvalue weighted by Gasteiger charge is -2.03. The van der Waals surface area contributed by atoms with E-state index in [1.165, 1.54) is 0 Å². The SMILES string of the molecule is NCCc1c(-c2cccnc2)nc2ccc(Cl)cn12. The molecule has 0 fully saturated rings. The van der Waals surface area contributed by atoms with Gasteiger partial charge in [-0.3, -0.25) is 4.98 Å². The van der Waals surface area contributed by atoms with Gasteiger partial charge in [-0.2, -0.15) is 0 Å². The Bertz CT molecular complexity index is 706. The Kier molecular flexibility index (Phi) is 3.19. The third kappa shape index (κ3) is 2.20. The van der Waals surface area contributed by atoms with Crippen molar-refractivity contribution in [1.29, 1.82) is 0 Å². The molecule has 3 aromatic heterocycles. The smallest absolute Gasteiger partial charge is 0.137 e. The van der Waals surface area contributed by atoms with Gasteiger partial charge in [0.25, 0.3) is 0 Å². The van der Waals surface area contributed by atoms with Crippen LogP contribution in [0.25, 0.3) is 16.9 Å². The van der Waals surface area contributed by atoms with E-state index in [1.807, 2.05) is 41.1 Å². The van der Waals surface area contributed by atoms with Crippen LogP contribution in [0.3, 0.4) is 0 Å². The van der Waals surface area contributed by atoms with Crippen molar-refractivity contribution in [2.75, 3.05) is 6.54 Å². The first kappa shape index (κ1) is 12.1. The molecule has 0 spiro atoms. The van der Waals surface area contributed by atoms with E-state index in [1.54, 1.807) is 6.20 Å². The van der Waals surface area contributed by atoms with Crippen LogP contribution < -0.4 is 5.73 Å². The van der Waals surface area contributed by atoms with Gasteiger partial charge in [-0.05, 0) is 30.8 Å². The summed E-state index contributed by atoms with van der Waals surface area (Å²) in [6, 6.07) is 7.64. The highest BCUT2D eigenvalue weighted by Gasteiger charge is 2.13. The number of fused-ring (bicyclic) bond motifs is 1. The molecule has 0 saturated heterocycles. The van der Waals surface area contributed by atoms with Gasteiger partial charge in [0.2, 0.25) is 0 Å². The molecule has 0 radical (unpaired) electrons. The quantitative estimate of drug-likeness (QED) is 0.797. The summed E-state index contributed by atoms with van der Waals surface area (Å²) in [6.45, 7) is 0.563. The van der Waals surface area contributed by atoms with Crippen molar-refractivity contribution in [3.8, 4) is 11.3 Å². The lowest BCUT2D eigenvalue weighted by Crippen LogP contribution is -2.06. The average Bonchev–Trinajstić information content (AvgIpc) is 2.79. The van der Waals surface area contributed by atoms with Crippen LogP contribution in [-0.2, 0) is 6.42 Å². The van der Waals surface area contributed by atoms with Gasteiger partial charge in [0.1, 0.15) is 5.65 Å². The molecule has 0 unspecified atom stereocenters. The normalized spacial score (nSPS) is 11.1. The van der Waals surface area contributed by atoms with Gasteiger partial charge in [-0.25, -0.2) is 4.98 Å². The van der Waals surface area contributed by atoms with Gasteiger partial charge >= 0.3 is 0 Å². The van der Waals surface area contributed by atoms with E-state index < -0.39 is 0 Å². The highest BCUT2D eigenvalue weighted by Crippen LogP contribution is 2.25. The lowest BCUT2D eigenvalue weighted by molar-refractivity contribution is 0.907. The number of hydrogen-bond donors (Lipinski definition) is 1. The van der Waals surface area contributed by atoms with Crippen molar-refractivity contribution >= 4 is 17.2 Å². The fourth-order valence-corrected chi connectivity index (χ4v) is 2.34. The van der Waals surface area contributed by atoms with Crippen molar-refractivity contribution in [3.05, 3.63) is 53.6 Å². The van der Waals surface area contributed by atoms with Gasteiger partial charge < -0.3 is 10.1 Å². The second-order valence-corrected chi connectivity index (χ2v) is 4.70. The second kappa shape index (κ2) is 4.99. The topological polar surface area (TPSA) is 56.2 Å². The molecule has 0 amide bonds. The number of pyridine rings is 2. The van der Waals surface area contributed by atoms with Gasteiger partial charge in [0.15, 0.2) is 0 Å². The molecule has 0 aliphatic rings. The highest BCUT2D eigenvalue weighted by molar-refractivity contribution is 6.30. The molecule has 0 saturated carbocycles. The van der Waals surface area contributed by atoms with Gasteiger partial charge in [-0.1, -0.05) is 11.6 Å². The fraction of sp³-hybridized carbons (Fsp3) is 0.143. The van der Waals surface area contributed by atoms with Crippen molar-refractivity contribution < 1.29 is 0 Å². The monoisotopic (exact) mass is 272 g/mol. The summed E-state index contributed by atoms with van der Waals surface area (Å²) >= 11 is 6.05. The van der Waals surface area contributed by atoms with E-state index >= 15 is 0 Å². The zero-order valence-corrected chi connectivity index (χ0v) is 11.0. The molecule has 3 aromatic rings. The Morgan fingerprint density at radius 2 is 2.16 bits per heavy atom. The van der Waals surface area contributed by atoms with E-state index in [0.29, 0.717) is 11.6 Å². The summed E-state index contributed by atoms with van der Waals surface area (Å²) in [6.07, 6.45) is 6.17. The summed E-state index contributed by atoms with van der Waals surface area (Å²) in [5, 5.41) is 0.681. The summed E-state index contributed by atoms with van der Waals surface area (Å²) in [5.41, 5.74) is 9.55. The van der Waals surface area contributed by atoms with E-state index in [4.69, 9.17) is 17.3 Å². The molecule has 0 bridgehead atoms. The van der Waals surface area contributed by atoms with Crippen LogP contribution in [0.15, 0.2) is 42.9 Å². The molecule has 3 heterocycles. The molecule has 5 heteroatoms. The van der Waals surface area contributed by atoms with Crippen LogP contribution in [0.1, 0.15) is 5.69 Å². The Morgan fingerprint density at radius 1 is 1.26 bits per heavy atom. The maximum absolute atomic E-state index is 6.05. The standard InChI is InChI=1S/C14H13ClN4/c15-11-3-4-13-18-14(10-2-1-7-17-8-10)12(5-6-16)19(13)9-11/h1-4,7-9H,5-6,16H2. The predicted molar refractivity (Wildman–Crippen MR) is 76.2 cm³/mol. The minimum atomic E-state index is 0.563. The van der Waals surface area contributed by atoms with Crippen LogP contribution in [0.4, 0.5) is 0 Å². The van der Waals surface area contributed by atoms with Crippen molar-refractivity contribution in [1.82, 2.24) is 14.4 Å². The number of aromatic nitrogens is 3. The molecule has 2 N–H and O–H groups in total. The molecule has 4 nitrogen and oxygen atoms in total. The first-order chi connectivity index (χ1) is 9.29. The van der Waals surface area contributed by atoms with Crippen LogP contribution in [-0.4, -0.2) is 20.9 Å². The largest absolute Gasteiger partial charge is 0.330 e. The van der Waals surface area contributed by atoms with Crippen LogP contribution in [0, 0.1) is 0 Å². The van der Waals surface area contributed by atoms with Crippen molar-refractivity contribution in [2.24, 2.45) is 5.73 Å². The summed E-state index contributed by atoms with van der Waals surface area (Å²) in [5.74, 6) is 0. The van der Waals surface area contributed by atoms with E-state index in [2.05, 4.69) is 9.97 Å². The zero-order valence-electron chi connectivity index (χ0n) is 10.3. The van der Waals surface area contributed by atoms with Crippen LogP contribution in [0.2, 0.25) is 5.02 Å². The number of nitrogens with zero attached hydrogens (tertiary/aromatic N) is 3. The minimum absolute atomic E-state index is 0.563. The highest BCUT2D eigenvalue weighted by atomic mass is 35.5. The van der Waals surface area contributed by atoms with Crippen LogP contribution in [0.5, 0.6) is 0 Å². The van der Waals surface area contributed by atoms with Crippen molar-refractivity contribution in [3.63, 3.8) is 0 Å². The maximum Gasteiger partial charge on any atom is 0.137 e. The van der Waals surface area contributed by atoms with Gasteiger partial charge in [0, 0.05) is 30.6 Å². The molecule has 0 aliphatic carbocycles. The van der Waals surface area contributed by atoms with E-state index in [-0.39, 0.29) is 0 Å². The number of halogens is 1.